The number of hydroxylamine groups is 1. The van der Waals surface area contributed by atoms with Crippen LogP contribution in [-0.2, 0) is 9.59 Å². The predicted octanol–water partition coefficient (Wildman–Crippen LogP) is -1.56. The molecule has 0 unspecified atom stereocenters. The molecule has 6 heteroatoms. The largest absolute Gasteiger partial charge is 0.368 e. The average Bonchev–Trinajstić information content (AvgIpc) is 2.16. The number of hydrogen-bond acceptors (Lipinski definition) is 4. The summed E-state index contributed by atoms with van der Waals surface area (Å²) < 4.78 is 0. The summed E-state index contributed by atoms with van der Waals surface area (Å²) in [5.74, 6) is -0.497. The molecule has 1 rings (SSSR count). The Morgan fingerprint density at radius 2 is 2.31 bits per heavy atom. The highest BCUT2D eigenvalue weighted by Gasteiger charge is 2.30. The van der Waals surface area contributed by atoms with E-state index < -0.39 is 11.9 Å². The van der Waals surface area contributed by atoms with Gasteiger partial charge in [-0.05, 0) is 12.8 Å². The van der Waals surface area contributed by atoms with Crippen LogP contribution in [0.4, 0.5) is 0 Å². The number of rotatable bonds is 3. The maximum atomic E-state index is 10.9. The maximum Gasteiger partial charge on any atom is 0.240 e. The molecule has 1 aliphatic heterocycles. The van der Waals surface area contributed by atoms with Crippen molar-refractivity contribution in [2.45, 2.75) is 24.9 Å². The monoisotopic (exact) mass is 187 g/mol. The molecular formula is C7H13N3O3. The SMILES string of the molecule is NC(=O)[C@@H]1CC[C@@H](NO)CN1C=O. The molecule has 0 aromatic carbocycles. The third-order valence-corrected chi connectivity index (χ3v) is 2.27. The highest BCUT2D eigenvalue weighted by molar-refractivity contribution is 5.82. The molecule has 74 valence electrons. The second-order valence-electron chi connectivity index (χ2n) is 3.12. The van der Waals surface area contributed by atoms with Gasteiger partial charge in [-0.25, -0.2) is 5.48 Å². The Morgan fingerprint density at radius 3 is 2.77 bits per heavy atom. The molecule has 13 heavy (non-hydrogen) atoms. The first-order chi connectivity index (χ1) is 6.19. The molecule has 0 aromatic heterocycles. The number of nitrogens with two attached hydrogens (primary N) is 1. The Kier molecular flexibility index (Phi) is 3.21. The summed E-state index contributed by atoms with van der Waals surface area (Å²) >= 11 is 0. The molecule has 1 saturated heterocycles. The molecular weight excluding hydrogens is 174 g/mol. The Balaban J connectivity index is 2.60. The number of hydrogen-bond donors (Lipinski definition) is 3. The van der Waals surface area contributed by atoms with Crippen LogP contribution in [0.25, 0.3) is 0 Å². The molecule has 0 radical (unpaired) electrons. The van der Waals surface area contributed by atoms with Gasteiger partial charge in [-0.2, -0.15) is 0 Å². The first-order valence-corrected chi connectivity index (χ1v) is 4.09. The van der Waals surface area contributed by atoms with E-state index in [0.717, 1.165) is 0 Å². The van der Waals surface area contributed by atoms with Crippen LogP contribution in [0.15, 0.2) is 0 Å². The summed E-state index contributed by atoms with van der Waals surface area (Å²) in [6.45, 7) is 0.313. The zero-order valence-corrected chi connectivity index (χ0v) is 7.14. The van der Waals surface area contributed by atoms with Crippen molar-refractivity contribution in [1.82, 2.24) is 10.4 Å². The van der Waals surface area contributed by atoms with Gasteiger partial charge in [0, 0.05) is 12.6 Å². The van der Waals surface area contributed by atoms with Crippen LogP contribution in [0.3, 0.4) is 0 Å². The second-order valence-corrected chi connectivity index (χ2v) is 3.12. The minimum atomic E-state index is -0.526. The fourth-order valence-electron chi connectivity index (χ4n) is 1.53. The van der Waals surface area contributed by atoms with Gasteiger partial charge in [0.05, 0.1) is 0 Å². The molecule has 0 saturated carbocycles. The highest BCUT2D eigenvalue weighted by Crippen LogP contribution is 2.15. The van der Waals surface area contributed by atoms with Crippen molar-refractivity contribution < 1.29 is 14.8 Å². The van der Waals surface area contributed by atoms with E-state index in [1.54, 1.807) is 0 Å². The summed E-state index contributed by atoms with van der Waals surface area (Å²) in [6, 6.07) is -0.692. The molecule has 0 aromatic rings. The smallest absolute Gasteiger partial charge is 0.240 e. The Hall–Kier alpha value is -1.14. The van der Waals surface area contributed by atoms with Crippen LogP contribution < -0.4 is 11.2 Å². The zero-order chi connectivity index (χ0) is 9.84. The van der Waals surface area contributed by atoms with Gasteiger partial charge in [0.15, 0.2) is 0 Å². The van der Waals surface area contributed by atoms with Crippen molar-refractivity contribution in [1.29, 1.82) is 0 Å². The van der Waals surface area contributed by atoms with Gasteiger partial charge in [0.1, 0.15) is 6.04 Å². The molecule has 6 nitrogen and oxygen atoms in total. The summed E-state index contributed by atoms with van der Waals surface area (Å²) in [6.07, 6.45) is 1.71. The lowest BCUT2D eigenvalue weighted by molar-refractivity contribution is -0.133. The highest BCUT2D eigenvalue weighted by atomic mass is 16.5. The molecule has 1 fully saturated rings. The standard InChI is InChI=1S/C7H13N3O3/c8-7(12)6-2-1-5(9-13)3-10(6)4-11/h4-6,9,13H,1-3H2,(H2,8,12)/t5-,6+/m1/s1. The number of carbonyl (C=O) groups is 2. The van der Waals surface area contributed by atoms with E-state index in [0.29, 0.717) is 25.8 Å². The Bertz CT molecular complexity index is 209. The van der Waals surface area contributed by atoms with Crippen molar-refractivity contribution in [2.24, 2.45) is 5.73 Å². The van der Waals surface area contributed by atoms with Crippen LogP contribution in [0, 0.1) is 0 Å². The van der Waals surface area contributed by atoms with E-state index in [4.69, 9.17) is 10.9 Å². The number of nitrogens with one attached hydrogen (secondary N) is 1. The Labute approximate surface area is 75.6 Å². The predicted molar refractivity (Wildman–Crippen MR) is 43.7 cm³/mol. The van der Waals surface area contributed by atoms with E-state index in [1.165, 1.54) is 4.90 Å². The molecule has 1 aliphatic rings. The number of nitrogens with zero attached hydrogens (tertiary/aromatic N) is 1. The lowest BCUT2D eigenvalue weighted by Gasteiger charge is -2.34. The van der Waals surface area contributed by atoms with Crippen molar-refractivity contribution in [2.75, 3.05) is 6.54 Å². The number of likely N-dealkylation sites (tertiary alicyclic amines) is 1. The maximum absolute atomic E-state index is 10.9. The quantitative estimate of drug-likeness (QED) is 0.368. The number of piperidine rings is 1. The van der Waals surface area contributed by atoms with Crippen LogP contribution in [0.1, 0.15) is 12.8 Å². The van der Waals surface area contributed by atoms with Crippen molar-refractivity contribution in [3.05, 3.63) is 0 Å². The van der Waals surface area contributed by atoms with Crippen LogP contribution in [0.2, 0.25) is 0 Å². The molecule has 4 N–H and O–H groups in total. The molecule has 2 amide bonds. The number of primary amides is 1. The van der Waals surface area contributed by atoms with Gasteiger partial charge >= 0.3 is 0 Å². The third-order valence-electron chi connectivity index (χ3n) is 2.27. The first kappa shape index (κ1) is 9.94. The van der Waals surface area contributed by atoms with E-state index in [2.05, 4.69) is 5.48 Å². The van der Waals surface area contributed by atoms with E-state index in [-0.39, 0.29) is 6.04 Å². The summed E-state index contributed by atoms with van der Waals surface area (Å²) in [4.78, 5) is 22.7. The minimum Gasteiger partial charge on any atom is -0.368 e. The van der Waals surface area contributed by atoms with E-state index in [1.807, 2.05) is 0 Å². The van der Waals surface area contributed by atoms with Gasteiger partial charge in [0.25, 0.3) is 0 Å². The molecule has 1 heterocycles. The summed E-state index contributed by atoms with van der Waals surface area (Å²) in [5.41, 5.74) is 7.17. The zero-order valence-electron chi connectivity index (χ0n) is 7.14. The van der Waals surface area contributed by atoms with E-state index in [9.17, 15) is 9.59 Å². The fourth-order valence-corrected chi connectivity index (χ4v) is 1.53. The molecule has 2 atom stereocenters. The first-order valence-electron chi connectivity index (χ1n) is 4.09. The molecule has 0 aliphatic carbocycles. The van der Waals surface area contributed by atoms with Crippen molar-refractivity contribution >= 4 is 12.3 Å². The average molecular weight is 187 g/mol. The topological polar surface area (TPSA) is 95.7 Å². The van der Waals surface area contributed by atoms with Crippen LogP contribution >= 0.6 is 0 Å². The van der Waals surface area contributed by atoms with Crippen LogP contribution in [0.5, 0.6) is 0 Å². The van der Waals surface area contributed by atoms with Crippen molar-refractivity contribution in [3.63, 3.8) is 0 Å². The minimum absolute atomic E-state index is 0.166. The second kappa shape index (κ2) is 4.20. The number of amides is 2. The van der Waals surface area contributed by atoms with Gasteiger partial charge in [-0.15, -0.1) is 0 Å². The van der Waals surface area contributed by atoms with Gasteiger partial charge < -0.3 is 15.8 Å². The van der Waals surface area contributed by atoms with Gasteiger partial charge in [-0.1, -0.05) is 0 Å². The normalized spacial score (nSPS) is 28.5. The summed E-state index contributed by atoms with van der Waals surface area (Å²) in [5, 5.41) is 8.62. The Morgan fingerprint density at radius 1 is 1.62 bits per heavy atom. The van der Waals surface area contributed by atoms with Gasteiger partial charge in [0.2, 0.25) is 12.3 Å². The van der Waals surface area contributed by atoms with Crippen molar-refractivity contribution in [3.8, 4) is 0 Å². The fraction of sp³-hybridized carbons (Fsp3) is 0.714. The van der Waals surface area contributed by atoms with Crippen LogP contribution in [-0.4, -0.2) is 41.1 Å². The lowest BCUT2D eigenvalue weighted by Crippen LogP contribution is -2.53. The number of carbonyl (C=O) groups excluding carboxylic acids is 2. The lowest BCUT2D eigenvalue weighted by atomic mass is 9.99. The third kappa shape index (κ3) is 2.16. The van der Waals surface area contributed by atoms with E-state index >= 15 is 0 Å². The van der Waals surface area contributed by atoms with Gasteiger partial charge in [-0.3, -0.25) is 9.59 Å². The summed E-state index contributed by atoms with van der Waals surface area (Å²) in [7, 11) is 0. The molecule has 0 bridgehead atoms. The molecule has 0 spiro atoms.